The minimum atomic E-state index is -1.31. The molecule has 0 N–H and O–H groups in total. The van der Waals surface area contributed by atoms with Crippen molar-refractivity contribution in [1.29, 1.82) is 0 Å². The number of nitrogens with zero attached hydrogens (tertiary/aromatic N) is 2. The summed E-state index contributed by atoms with van der Waals surface area (Å²) in [7, 11) is 11.0. The number of rotatable bonds is 14. The Morgan fingerprint density at radius 1 is 0.690 bits per heavy atom. The van der Waals surface area contributed by atoms with Crippen LogP contribution in [0.4, 0.5) is 0 Å². The molecule has 2 unspecified atom stereocenters. The van der Waals surface area contributed by atoms with E-state index in [0.29, 0.717) is 22.1 Å². The second-order valence-electron chi connectivity index (χ2n) is 9.18. The molecule has 0 aromatic carbocycles. The second kappa shape index (κ2) is 11.7. The Hall–Kier alpha value is -2.20. The quantitative estimate of drug-likeness (QED) is 0.227. The Bertz CT molecular complexity index is 528. The average Bonchev–Trinajstić information content (AvgIpc) is 2.41. The molecule has 0 aliphatic heterocycles. The molecular weight excluding hydrogens is 384 g/mol. The van der Waals surface area contributed by atoms with Gasteiger partial charge in [0.05, 0.1) is 42.3 Å². The van der Waals surface area contributed by atoms with Gasteiger partial charge in [-0.05, 0) is 6.42 Å². The number of aliphatic carboxylic acids is 2. The first-order chi connectivity index (χ1) is 13.1. The number of carboxylic acids is 2. The Morgan fingerprint density at radius 3 is 1.24 bits per heavy atom. The molecule has 0 saturated heterocycles. The number of carbonyl (C=O) groups is 4. The Morgan fingerprint density at radius 2 is 1.00 bits per heavy atom. The van der Waals surface area contributed by atoms with E-state index in [0.717, 1.165) is 0 Å². The molecule has 0 fully saturated rings. The summed E-state index contributed by atoms with van der Waals surface area (Å²) >= 11 is 0. The van der Waals surface area contributed by atoms with E-state index in [-0.39, 0.29) is 19.3 Å². The number of carboxylic acid groups (broad SMARTS) is 2. The fourth-order valence-electron chi connectivity index (χ4n) is 2.75. The lowest BCUT2D eigenvalue weighted by molar-refractivity contribution is -0.873. The lowest BCUT2D eigenvalue weighted by Gasteiger charge is -2.29. The number of quaternary nitrogens is 2. The first-order valence-corrected chi connectivity index (χ1v) is 9.47. The van der Waals surface area contributed by atoms with Gasteiger partial charge < -0.3 is 38.2 Å². The van der Waals surface area contributed by atoms with E-state index in [2.05, 4.69) is 0 Å². The summed E-state index contributed by atoms with van der Waals surface area (Å²) in [5, 5.41) is 21.7. The molecule has 0 aliphatic carbocycles. The molecule has 0 bridgehead atoms. The molecular formula is C19H34N2O8. The molecule has 29 heavy (non-hydrogen) atoms. The van der Waals surface area contributed by atoms with Crippen molar-refractivity contribution < 1.29 is 47.8 Å². The van der Waals surface area contributed by atoms with Crippen LogP contribution in [-0.4, -0.2) is 100 Å². The number of esters is 2. The summed E-state index contributed by atoms with van der Waals surface area (Å²) < 4.78 is 11.2. The van der Waals surface area contributed by atoms with E-state index in [1.54, 1.807) is 0 Å². The maximum atomic E-state index is 12.0. The first kappa shape index (κ1) is 26.8. The summed E-state index contributed by atoms with van der Waals surface area (Å²) in [6.07, 6.45) is -2.49. The van der Waals surface area contributed by atoms with Gasteiger partial charge in [-0.1, -0.05) is 0 Å². The van der Waals surface area contributed by atoms with Gasteiger partial charge in [0.2, 0.25) is 0 Å². The first-order valence-electron chi connectivity index (χ1n) is 9.47. The number of carbonyl (C=O) groups excluding carboxylic acids is 4. The number of hydrogen-bond acceptors (Lipinski definition) is 8. The van der Waals surface area contributed by atoms with Crippen molar-refractivity contribution in [2.45, 2.75) is 44.3 Å². The van der Waals surface area contributed by atoms with Crippen LogP contribution < -0.4 is 10.2 Å². The van der Waals surface area contributed by atoms with Crippen LogP contribution in [0.2, 0.25) is 0 Å². The zero-order valence-electron chi connectivity index (χ0n) is 18.3. The van der Waals surface area contributed by atoms with Crippen molar-refractivity contribution in [3.8, 4) is 0 Å². The van der Waals surface area contributed by atoms with Crippen LogP contribution in [-0.2, 0) is 28.7 Å². The van der Waals surface area contributed by atoms with E-state index in [1.807, 2.05) is 42.3 Å². The summed E-state index contributed by atoms with van der Waals surface area (Å²) in [6, 6.07) is 0. The molecule has 0 amide bonds. The number of hydrogen-bond donors (Lipinski definition) is 0. The predicted molar refractivity (Wildman–Crippen MR) is 98.7 cm³/mol. The molecule has 0 aromatic heterocycles. The molecule has 0 saturated carbocycles. The van der Waals surface area contributed by atoms with Crippen LogP contribution in [0.25, 0.3) is 0 Å². The lowest BCUT2D eigenvalue weighted by atomic mass is 10.2. The van der Waals surface area contributed by atoms with E-state index in [1.165, 1.54) is 0 Å². The van der Waals surface area contributed by atoms with Gasteiger partial charge in [-0.3, -0.25) is 9.59 Å². The highest BCUT2D eigenvalue weighted by Gasteiger charge is 2.24. The average molecular weight is 418 g/mol. The topological polar surface area (TPSA) is 133 Å². The van der Waals surface area contributed by atoms with E-state index >= 15 is 0 Å². The van der Waals surface area contributed by atoms with Gasteiger partial charge >= 0.3 is 11.9 Å². The number of ether oxygens (including phenoxy) is 2. The zero-order chi connectivity index (χ0) is 22.8. The van der Waals surface area contributed by atoms with Crippen molar-refractivity contribution in [3.05, 3.63) is 0 Å². The van der Waals surface area contributed by atoms with Crippen molar-refractivity contribution in [1.82, 2.24) is 0 Å². The minimum Gasteiger partial charge on any atom is -0.550 e. The fourth-order valence-corrected chi connectivity index (χ4v) is 2.75. The zero-order valence-corrected chi connectivity index (χ0v) is 18.3. The largest absolute Gasteiger partial charge is 0.550 e. The molecule has 0 radical (unpaired) electrons. The highest BCUT2D eigenvalue weighted by atomic mass is 16.6. The molecule has 10 heteroatoms. The second-order valence-corrected chi connectivity index (χ2v) is 9.18. The van der Waals surface area contributed by atoms with Gasteiger partial charge in [0.25, 0.3) is 0 Å². The summed E-state index contributed by atoms with van der Waals surface area (Å²) in [6.45, 7) is 0.607. The smallest absolute Gasteiger partial charge is 0.306 e. The Labute approximate surface area is 172 Å². The Balaban J connectivity index is 4.52. The van der Waals surface area contributed by atoms with Gasteiger partial charge in [-0.2, -0.15) is 0 Å². The van der Waals surface area contributed by atoms with Crippen molar-refractivity contribution in [2.75, 3.05) is 55.4 Å². The van der Waals surface area contributed by atoms with E-state index < -0.39 is 48.9 Å². The SMILES string of the molecule is C[N+](C)(C)CC(CC(=O)[O-])OC(=O)CCCC(=O)OC(CC(=O)[O-])C[N+](C)(C)C. The third-order valence-corrected chi connectivity index (χ3v) is 3.65. The predicted octanol–water partition coefficient (Wildman–Crippen LogP) is -2.33. The van der Waals surface area contributed by atoms with Crippen LogP contribution in [0.3, 0.4) is 0 Å². The van der Waals surface area contributed by atoms with Crippen molar-refractivity contribution in [3.63, 3.8) is 0 Å². The van der Waals surface area contributed by atoms with E-state index in [9.17, 15) is 29.4 Å². The molecule has 10 nitrogen and oxygen atoms in total. The standard InChI is InChI=1S/C19H34N2O8/c1-20(2,3)12-14(10-16(22)23)28-18(26)8-7-9-19(27)29-15(11-17(24)25)13-21(4,5)6/h14-15H,7-13H2,1-6H3. The summed E-state index contributed by atoms with van der Waals surface area (Å²) in [5.41, 5.74) is 0. The van der Waals surface area contributed by atoms with Crippen LogP contribution in [0, 0.1) is 0 Å². The van der Waals surface area contributed by atoms with Gasteiger partial charge in [0.1, 0.15) is 13.1 Å². The monoisotopic (exact) mass is 418 g/mol. The fraction of sp³-hybridized carbons (Fsp3) is 0.789. The normalized spacial score (nSPS) is 14.0. The van der Waals surface area contributed by atoms with Gasteiger partial charge in [-0.25, -0.2) is 0 Å². The van der Waals surface area contributed by atoms with Gasteiger partial charge in [0.15, 0.2) is 12.2 Å². The highest BCUT2D eigenvalue weighted by molar-refractivity contribution is 5.73. The molecule has 168 valence electrons. The maximum Gasteiger partial charge on any atom is 0.306 e. The van der Waals surface area contributed by atoms with Crippen LogP contribution in [0.5, 0.6) is 0 Å². The number of likely N-dealkylation sites (N-methyl/N-ethyl adjacent to an activating group) is 2. The molecule has 0 aromatic rings. The molecule has 0 rings (SSSR count). The molecule has 0 heterocycles. The Kier molecular flexibility index (Phi) is 10.8. The summed E-state index contributed by atoms with van der Waals surface area (Å²) in [5.74, 6) is -3.85. The van der Waals surface area contributed by atoms with Gasteiger partial charge in [0, 0.05) is 37.6 Å². The van der Waals surface area contributed by atoms with Crippen molar-refractivity contribution >= 4 is 23.9 Å². The van der Waals surface area contributed by atoms with E-state index in [4.69, 9.17) is 9.47 Å². The van der Waals surface area contributed by atoms with Gasteiger partial charge in [-0.15, -0.1) is 0 Å². The lowest BCUT2D eigenvalue weighted by Crippen LogP contribution is -2.45. The third-order valence-electron chi connectivity index (χ3n) is 3.65. The molecule has 0 aliphatic rings. The van der Waals surface area contributed by atoms with Crippen LogP contribution >= 0.6 is 0 Å². The molecule has 0 spiro atoms. The highest BCUT2D eigenvalue weighted by Crippen LogP contribution is 2.10. The minimum absolute atomic E-state index is 0.0870. The van der Waals surface area contributed by atoms with Crippen LogP contribution in [0.1, 0.15) is 32.1 Å². The summed E-state index contributed by atoms with van der Waals surface area (Å²) in [4.78, 5) is 45.6. The van der Waals surface area contributed by atoms with Crippen LogP contribution in [0.15, 0.2) is 0 Å². The molecule has 2 atom stereocenters. The third kappa shape index (κ3) is 16.5. The maximum absolute atomic E-state index is 12.0. The van der Waals surface area contributed by atoms with Crippen molar-refractivity contribution in [2.24, 2.45) is 0 Å².